The molecule has 174 valence electrons. The van der Waals surface area contributed by atoms with E-state index in [0.29, 0.717) is 43.0 Å². The zero-order chi connectivity index (χ0) is 24.2. The molecule has 0 atom stereocenters. The van der Waals surface area contributed by atoms with E-state index >= 15 is 0 Å². The van der Waals surface area contributed by atoms with E-state index in [9.17, 15) is 24.1 Å². The van der Waals surface area contributed by atoms with E-state index in [2.05, 4.69) is 10.2 Å². The van der Waals surface area contributed by atoms with Gasteiger partial charge in [0.15, 0.2) is 0 Å². The Morgan fingerprint density at radius 3 is 2.26 bits per heavy atom. The lowest BCUT2D eigenvalue weighted by molar-refractivity contribution is -0.385. The third kappa shape index (κ3) is 4.88. The summed E-state index contributed by atoms with van der Waals surface area (Å²) in [7, 11) is 0. The van der Waals surface area contributed by atoms with Crippen LogP contribution in [0.4, 0.5) is 21.5 Å². The van der Waals surface area contributed by atoms with Crippen LogP contribution in [0.5, 0.6) is 0 Å². The third-order valence-corrected chi connectivity index (χ3v) is 5.82. The normalized spacial score (nSPS) is 13.5. The Hall–Kier alpha value is -4.27. The molecule has 8 nitrogen and oxygen atoms in total. The maximum Gasteiger partial charge on any atom is 0.272 e. The van der Waals surface area contributed by atoms with Crippen LogP contribution in [0.1, 0.15) is 26.3 Å². The quantitative estimate of drug-likeness (QED) is 0.452. The SMILES string of the molecule is Cc1cc(C(=O)Nc2ccc(N3CCN(C(=O)c4ccccc4F)CC3)cc2)ccc1[N+](=O)[O-]. The van der Waals surface area contributed by atoms with Crippen molar-refractivity contribution >= 4 is 28.9 Å². The average Bonchev–Trinajstić information content (AvgIpc) is 2.84. The zero-order valence-electron chi connectivity index (χ0n) is 18.5. The Bertz CT molecular complexity index is 1240. The maximum absolute atomic E-state index is 13.9. The minimum absolute atomic E-state index is 0.0309. The summed E-state index contributed by atoms with van der Waals surface area (Å²) in [5.41, 5.74) is 2.35. The van der Waals surface area contributed by atoms with Gasteiger partial charge in [0.25, 0.3) is 17.5 Å². The number of piperazine rings is 1. The number of aryl methyl sites for hydroxylation is 1. The van der Waals surface area contributed by atoms with Crippen LogP contribution in [0.2, 0.25) is 0 Å². The van der Waals surface area contributed by atoms with Crippen molar-refractivity contribution in [2.24, 2.45) is 0 Å². The first kappa shape index (κ1) is 22.9. The van der Waals surface area contributed by atoms with Crippen LogP contribution in [0, 0.1) is 22.9 Å². The predicted octanol–water partition coefficient (Wildman–Crippen LogP) is 4.26. The van der Waals surface area contributed by atoms with Gasteiger partial charge in [0.2, 0.25) is 0 Å². The highest BCUT2D eigenvalue weighted by Gasteiger charge is 2.24. The van der Waals surface area contributed by atoms with Gasteiger partial charge >= 0.3 is 0 Å². The Kier molecular flexibility index (Phi) is 6.53. The molecule has 0 bridgehead atoms. The molecule has 1 fully saturated rings. The van der Waals surface area contributed by atoms with Gasteiger partial charge in [0, 0.05) is 54.7 Å². The highest BCUT2D eigenvalue weighted by molar-refractivity contribution is 6.04. The second-order valence-electron chi connectivity index (χ2n) is 8.02. The van der Waals surface area contributed by atoms with Gasteiger partial charge in [-0.2, -0.15) is 0 Å². The molecule has 1 heterocycles. The van der Waals surface area contributed by atoms with Crippen LogP contribution in [0.3, 0.4) is 0 Å². The molecule has 3 aromatic rings. The predicted molar refractivity (Wildman–Crippen MR) is 127 cm³/mol. The molecule has 9 heteroatoms. The molecule has 1 aliphatic heterocycles. The molecule has 0 spiro atoms. The smallest absolute Gasteiger partial charge is 0.272 e. The van der Waals surface area contributed by atoms with Gasteiger partial charge in [-0.3, -0.25) is 19.7 Å². The van der Waals surface area contributed by atoms with Gasteiger partial charge in [-0.1, -0.05) is 12.1 Å². The number of nitrogens with zero attached hydrogens (tertiary/aromatic N) is 3. The molecule has 0 unspecified atom stereocenters. The summed E-state index contributed by atoms with van der Waals surface area (Å²) < 4.78 is 13.9. The fourth-order valence-corrected chi connectivity index (χ4v) is 3.93. The Morgan fingerprint density at radius 2 is 1.65 bits per heavy atom. The highest BCUT2D eigenvalue weighted by atomic mass is 19.1. The van der Waals surface area contributed by atoms with E-state index in [0.717, 1.165) is 5.69 Å². The van der Waals surface area contributed by atoms with Crippen molar-refractivity contribution in [2.75, 3.05) is 36.4 Å². The molecule has 0 aliphatic carbocycles. The van der Waals surface area contributed by atoms with Crippen LogP contribution in [0.15, 0.2) is 66.7 Å². The molecule has 0 saturated carbocycles. The number of nitro groups is 1. The molecular weight excluding hydrogens is 439 g/mol. The summed E-state index contributed by atoms with van der Waals surface area (Å²) >= 11 is 0. The molecule has 2 amide bonds. The molecule has 1 saturated heterocycles. The summed E-state index contributed by atoms with van der Waals surface area (Å²) in [4.78, 5) is 39.4. The van der Waals surface area contributed by atoms with Crippen molar-refractivity contribution in [1.29, 1.82) is 0 Å². The van der Waals surface area contributed by atoms with Gasteiger partial charge in [-0.25, -0.2) is 4.39 Å². The number of anilines is 2. The van der Waals surface area contributed by atoms with Crippen LogP contribution < -0.4 is 10.2 Å². The number of carbonyl (C=O) groups is 2. The van der Waals surface area contributed by atoms with Crippen molar-refractivity contribution in [2.45, 2.75) is 6.92 Å². The topological polar surface area (TPSA) is 95.8 Å². The van der Waals surface area contributed by atoms with E-state index < -0.39 is 10.7 Å². The first-order chi connectivity index (χ1) is 16.3. The average molecular weight is 462 g/mol. The lowest BCUT2D eigenvalue weighted by atomic mass is 10.1. The van der Waals surface area contributed by atoms with E-state index in [1.807, 2.05) is 12.1 Å². The van der Waals surface area contributed by atoms with Crippen molar-refractivity contribution in [1.82, 2.24) is 4.90 Å². The first-order valence-corrected chi connectivity index (χ1v) is 10.8. The number of hydrogen-bond donors (Lipinski definition) is 1. The fourth-order valence-electron chi connectivity index (χ4n) is 3.93. The zero-order valence-corrected chi connectivity index (χ0v) is 18.5. The molecule has 0 radical (unpaired) electrons. The minimum atomic E-state index is -0.517. The first-order valence-electron chi connectivity index (χ1n) is 10.8. The number of halogens is 1. The van der Waals surface area contributed by atoms with Crippen LogP contribution in [-0.2, 0) is 0 Å². The molecular formula is C25H23FN4O4. The summed E-state index contributed by atoms with van der Waals surface area (Å²) in [5.74, 6) is -1.18. The summed E-state index contributed by atoms with van der Waals surface area (Å²) in [6, 6.07) is 17.5. The van der Waals surface area contributed by atoms with Gasteiger partial charge in [0.1, 0.15) is 5.82 Å². The molecule has 3 aromatic carbocycles. The van der Waals surface area contributed by atoms with Crippen molar-refractivity contribution < 1.29 is 18.9 Å². The summed E-state index contributed by atoms with van der Waals surface area (Å²) in [5, 5.41) is 13.7. The van der Waals surface area contributed by atoms with Crippen LogP contribution >= 0.6 is 0 Å². The van der Waals surface area contributed by atoms with E-state index in [-0.39, 0.29) is 23.1 Å². The van der Waals surface area contributed by atoms with Gasteiger partial charge in [-0.15, -0.1) is 0 Å². The second-order valence-corrected chi connectivity index (χ2v) is 8.02. The number of carbonyl (C=O) groups excluding carboxylic acids is 2. The minimum Gasteiger partial charge on any atom is -0.368 e. The maximum atomic E-state index is 13.9. The second kappa shape index (κ2) is 9.70. The monoisotopic (exact) mass is 462 g/mol. The van der Waals surface area contributed by atoms with Gasteiger partial charge in [-0.05, 0) is 55.5 Å². The number of amides is 2. The number of benzene rings is 3. The Morgan fingerprint density at radius 1 is 0.971 bits per heavy atom. The van der Waals surface area contributed by atoms with E-state index in [1.54, 1.807) is 36.1 Å². The largest absolute Gasteiger partial charge is 0.368 e. The molecule has 1 N–H and O–H groups in total. The van der Waals surface area contributed by atoms with Gasteiger partial charge < -0.3 is 15.1 Å². The fraction of sp³-hybridized carbons (Fsp3) is 0.200. The Labute approximate surface area is 195 Å². The van der Waals surface area contributed by atoms with Crippen LogP contribution in [-0.4, -0.2) is 47.8 Å². The summed E-state index contributed by atoms with van der Waals surface area (Å²) in [6.45, 7) is 3.76. The third-order valence-electron chi connectivity index (χ3n) is 5.82. The van der Waals surface area contributed by atoms with Gasteiger partial charge in [0.05, 0.1) is 10.5 Å². The van der Waals surface area contributed by atoms with Crippen LogP contribution in [0.25, 0.3) is 0 Å². The summed E-state index contributed by atoms with van der Waals surface area (Å²) in [6.07, 6.45) is 0. The van der Waals surface area contributed by atoms with Crippen molar-refractivity contribution in [3.63, 3.8) is 0 Å². The van der Waals surface area contributed by atoms with Crippen molar-refractivity contribution in [3.05, 3.63) is 99.4 Å². The molecule has 4 rings (SSSR count). The standard InChI is InChI=1S/C25H23FN4O4/c1-17-16-18(6-11-23(17)30(33)34)24(31)27-19-7-9-20(10-8-19)28-12-14-29(15-13-28)25(32)21-4-2-3-5-22(21)26/h2-11,16H,12-15H2,1H3,(H,27,31). The molecule has 34 heavy (non-hydrogen) atoms. The molecule has 0 aromatic heterocycles. The number of nitro benzene ring substituents is 1. The van der Waals surface area contributed by atoms with E-state index in [4.69, 9.17) is 0 Å². The van der Waals surface area contributed by atoms with Crippen molar-refractivity contribution in [3.8, 4) is 0 Å². The number of nitrogens with one attached hydrogen (secondary N) is 1. The number of hydrogen-bond acceptors (Lipinski definition) is 5. The van der Waals surface area contributed by atoms with E-state index in [1.165, 1.54) is 30.3 Å². The lowest BCUT2D eigenvalue weighted by Crippen LogP contribution is -2.49. The molecule has 1 aliphatic rings. The highest BCUT2D eigenvalue weighted by Crippen LogP contribution is 2.23. The lowest BCUT2D eigenvalue weighted by Gasteiger charge is -2.36. The Balaban J connectivity index is 1.35. The number of rotatable bonds is 5.